The fourth-order valence-electron chi connectivity index (χ4n) is 4.14. The Morgan fingerprint density at radius 2 is 1.79 bits per heavy atom. The Bertz CT molecular complexity index is 1040. The summed E-state index contributed by atoms with van der Waals surface area (Å²) in [4.78, 5) is 12.6. The molecule has 0 radical (unpaired) electrons. The molecule has 1 aromatic heterocycles. The number of aliphatic hydroxyl groups is 1. The van der Waals surface area contributed by atoms with Crippen molar-refractivity contribution in [1.29, 1.82) is 0 Å². The van der Waals surface area contributed by atoms with Crippen molar-refractivity contribution in [2.24, 2.45) is 0 Å². The van der Waals surface area contributed by atoms with Gasteiger partial charge in [0.2, 0.25) is 0 Å². The number of fused-ring (bicyclic) bond motifs is 2. The minimum atomic E-state index is -4.13. The maximum Gasteiger partial charge on any atom is 0.333 e. The molecule has 0 bridgehead atoms. The third kappa shape index (κ3) is 3.64. The molecule has 2 aliphatic carbocycles. The summed E-state index contributed by atoms with van der Waals surface area (Å²) in [6.45, 7) is 3.26. The van der Waals surface area contributed by atoms with E-state index in [2.05, 4.69) is 21.2 Å². The molecule has 1 heterocycles. The molecule has 2 amide bonds. The van der Waals surface area contributed by atoms with Crippen molar-refractivity contribution in [3.05, 3.63) is 40.6 Å². The molecule has 3 N–H and O–H groups in total. The van der Waals surface area contributed by atoms with Gasteiger partial charge in [-0.1, -0.05) is 6.07 Å². The monoisotopic (exact) mass is 418 g/mol. The molecule has 29 heavy (non-hydrogen) atoms. The lowest BCUT2D eigenvalue weighted by molar-refractivity contribution is 0.151. The fourth-order valence-corrected chi connectivity index (χ4v) is 4.98. The van der Waals surface area contributed by atoms with Crippen LogP contribution >= 0.6 is 0 Å². The Hall–Kier alpha value is -2.39. The van der Waals surface area contributed by atoms with Gasteiger partial charge in [-0.15, -0.1) is 0 Å². The highest BCUT2D eigenvalue weighted by Crippen LogP contribution is 2.38. The molecule has 4 rings (SSSR count). The topological polar surface area (TPSA) is 113 Å². The van der Waals surface area contributed by atoms with Gasteiger partial charge >= 0.3 is 6.03 Å². The number of nitrogens with one attached hydrogen (secondary N) is 2. The predicted octanol–water partition coefficient (Wildman–Crippen LogP) is 2.10. The van der Waals surface area contributed by atoms with Crippen molar-refractivity contribution >= 4 is 21.7 Å². The Morgan fingerprint density at radius 3 is 2.38 bits per heavy atom. The molecule has 0 saturated heterocycles. The van der Waals surface area contributed by atoms with Crippen molar-refractivity contribution in [2.75, 3.05) is 11.9 Å². The normalized spacial score (nSPS) is 15.8. The van der Waals surface area contributed by atoms with Crippen LogP contribution in [0.3, 0.4) is 0 Å². The first kappa shape index (κ1) is 19.9. The van der Waals surface area contributed by atoms with Gasteiger partial charge in [-0.05, 0) is 80.7 Å². The van der Waals surface area contributed by atoms with Crippen LogP contribution in [-0.2, 0) is 41.2 Å². The van der Waals surface area contributed by atoms with E-state index in [1.54, 1.807) is 13.8 Å². The summed E-state index contributed by atoms with van der Waals surface area (Å²) in [5, 5.41) is 16.0. The van der Waals surface area contributed by atoms with Crippen LogP contribution in [0.15, 0.2) is 23.4 Å². The highest BCUT2D eigenvalue weighted by Gasteiger charge is 2.28. The molecule has 0 fully saturated rings. The van der Waals surface area contributed by atoms with E-state index in [0.29, 0.717) is 0 Å². The maximum absolute atomic E-state index is 12.6. The van der Waals surface area contributed by atoms with Gasteiger partial charge in [0.25, 0.3) is 10.0 Å². The Labute approximate surface area is 170 Å². The molecular formula is C20H26N4O4S. The lowest BCUT2D eigenvalue weighted by Gasteiger charge is -2.22. The van der Waals surface area contributed by atoms with E-state index in [4.69, 9.17) is 0 Å². The third-order valence-corrected chi connectivity index (χ3v) is 7.01. The van der Waals surface area contributed by atoms with Gasteiger partial charge in [0.05, 0.1) is 12.1 Å². The van der Waals surface area contributed by atoms with E-state index in [-0.39, 0.29) is 11.6 Å². The number of carbonyl (C=O) groups excluding carboxylic acids is 1. The van der Waals surface area contributed by atoms with Crippen LogP contribution < -0.4 is 10.0 Å². The van der Waals surface area contributed by atoms with Crippen LogP contribution in [0.25, 0.3) is 0 Å². The van der Waals surface area contributed by atoms with Gasteiger partial charge in [-0.25, -0.2) is 9.52 Å². The minimum absolute atomic E-state index is 0.202. The van der Waals surface area contributed by atoms with E-state index in [9.17, 15) is 18.3 Å². The van der Waals surface area contributed by atoms with Crippen LogP contribution in [-0.4, -0.2) is 35.9 Å². The third-order valence-electron chi connectivity index (χ3n) is 5.79. The van der Waals surface area contributed by atoms with Gasteiger partial charge in [-0.3, -0.25) is 4.68 Å². The molecule has 0 saturated carbocycles. The lowest BCUT2D eigenvalue weighted by Crippen LogP contribution is -2.36. The maximum atomic E-state index is 12.6. The van der Waals surface area contributed by atoms with Crippen molar-refractivity contribution in [2.45, 2.75) is 62.9 Å². The molecule has 156 valence electrons. The largest absolute Gasteiger partial charge is 0.394 e. The molecule has 2 aromatic rings. The Morgan fingerprint density at radius 1 is 1.17 bits per heavy atom. The first-order valence-corrected chi connectivity index (χ1v) is 11.4. The first-order chi connectivity index (χ1) is 13.7. The summed E-state index contributed by atoms with van der Waals surface area (Å²) in [5.74, 6) is 0. The molecule has 0 unspecified atom stereocenters. The number of amides is 2. The van der Waals surface area contributed by atoms with Gasteiger partial charge in [0.1, 0.15) is 0 Å². The lowest BCUT2D eigenvalue weighted by atomic mass is 9.99. The summed E-state index contributed by atoms with van der Waals surface area (Å²) < 4.78 is 28.7. The highest BCUT2D eigenvalue weighted by molar-refractivity contribution is 7.90. The average Bonchev–Trinajstić information content (AvgIpc) is 3.40. The number of nitrogens with zero attached hydrogens (tertiary/aromatic N) is 2. The molecule has 1 aromatic carbocycles. The SMILES string of the molecule is CC(C)(CO)n1ccc(S(=O)(=O)NC(=O)Nc2c3c(cc4c2CCC4)CCC3)n1. The average molecular weight is 419 g/mol. The van der Waals surface area contributed by atoms with Crippen LogP contribution in [0.1, 0.15) is 48.9 Å². The molecule has 0 atom stereocenters. The second kappa shape index (κ2) is 7.14. The molecule has 0 spiro atoms. The number of carbonyl (C=O) groups is 1. The number of sulfonamides is 1. The second-order valence-corrected chi connectivity index (χ2v) is 9.99. The Balaban J connectivity index is 1.55. The molecule has 2 aliphatic rings. The van der Waals surface area contributed by atoms with E-state index in [1.165, 1.54) is 28.1 Å². The van der Waals surface area contributed by atoms with E-state index < -0.39 is 21.6 Å². The number of urea groups is 1. The van der Waals surface area contributed by atoms with Crippen molar-refractivity contribution in [3.63, 3.8) is 0 Å². The molecular weight excluding hydrogens is 392 g/mol. The Kier molecular flexibility index (Phi) is 4.90. The first-order valence-electron chi connectivity index (χ1n) is 9.88. The number of anilines is 1. The van der Waals surface area contributed by atoms with Gasteiger partial charge in [-0.2, -0.15) is 13.5 Å². The minimum Gasteiger partial charge on any atom is -0.394 e. The number of rotatable bonds is 5. The summed E-state index contributed by atoms with van der Waals surface area (Å²) in [5.41, 5.74) is 4.82. The van der Waals surface area contributed by atoms with Crippen LogP contribution in [0, 0.1) is 0 Å². The number of aromatic nitrogens is 2. The van der Waals surface area contributed by atoms with Crippen LogP contribution in [0.4, 0.5) is 10.5 Å². The van der Waals surface area contributed by atoms with Crippen LogP contribution in [0.5, 0.6) is 0 Å². The predicted molar refractivity (Wildman–Crippen MR) is 108 cm³/mol. The van der Waals surface area contributed by atoms with E-state index in [0.717, 1.165) is 55.3 Å². The van der Waals surface area contributed by atoms with Gasteiger partial charge in [0.15, 0.2) is 5.03 Å². The van der Waals surface area contributed by atoms with Crippen molar-refractivity contribution in [1.82, 2.24) is 14.5 Å². The smallest absolute Gasteiger partial charge is 0.333 e. The van der Waals surface area contributed by atoms with Gasteiger partial charge < -0.3 is 10.4 Å². The second-order valence-electron chi connectivity index (χ2n) is 8.36. The molecule has 9 heteroatoms. The summed E-state index contributed by atoms with van der Waals surface area (Å²) in [6.07, 6.45) is 7.34. The zero-order valence-electron chi connectivity index (χ0n) is 16.7. The fraction of sp³-hybridized carbons (Fsp3) is 0.500. The number of benzene rings is 1. The highest BCUT2D eigenvalue weighted by atomic mass is 32.2. The number of hydrogen-bond acceptors (Lipinski definition) is 5. The number of aliphatic hydroxyl groups excluding tert-OH is 1. The van der Waals surface area contributed by atoms with Crippen LogP contribution in [0.2, 0.25) is 0 Å². The quantitative estimate of drug-likeness (QED) is 0.688. The van der Waals surface area contributed by atoms with Crippen molar-refractivity contribution in [3.8, 4) is 0 Å². The molecule has 8 nitrogen and oxygen atoms in total. The zero-order chi connectivity index (χ0) is 20.8. The standard InChI is InChI=1S/C20H26N4O4S/c1-20(2,12-25)24-10-9-17(22-24)29(27,28)23-19(26)21-18-15-7-3-5-13(15)11-14-6-4-8-16(14)18/h9-11,25H,3-8,12H2,1-2H3,(H2,21,23,26). The summed E-state index contributed by atoms with van der Waals surface area (Å²) in [6, 6.07) is 2.78. The zero-order valence-corrected chi connectivity index (χ0v) is 17.5. The van der Waals surface area contributed by atoms with E-state index >= 15 is 0 Å². The summed E-state index contributed by atoms with van der Waals surface area (Å²) >= 11 is 0. The van der Waals surface area contributed by atoms with Crippen molar-refractivity contribution < 1.29 is 18.3 Å². The number of aryl methyl sites for hydroxylation is 2. The number of hydrogen-bond donors (Lipinski definition) is 3. The summed E-state index contributed by atoms with van der Waals surface area (Å²) in [7, 11) is -4.13. The van der Waals surface area contributed by atoms with E-state index in [1.807, 2.05) is 0 Å². The molecule has 0 aliphatic heterocycles. The van der Waals surface area contributed by atoms with Gasteiger partial charge in [0, 0.05) is 11.9 Å².